The molecule has 0 spiro atoms. The third-order valence-corrected chi connectivity index (χ3v) is 29.5. The number of hydrogen-bond acceptors (Lipinski definition) is 0. The van der Waals surface area contributed by atoms with Crippen LogP contribution in [0.25, 0.3) is 264 Å². The second-order valence-corrected chi connectivity index (χ2v) is 37.1. The second kappa shape index (κ2) is 31.4. The molecule has 0 radical (unpaired) electrons. The molecule has 0 fully saturated rings. The third-order valence-electron chi connectivity index (χ3n) is 29.5. The lowest BCUT2D eigenvalue weighted by molar-refractivity contribution is 1.13. The Balaban J connectivity index is 0.000000134. The summed E-state index contributed by atoms with van der Waals surface area (Å²) in [5, 5.41) is 19.9. The summed E-state index contributed by atoms with van der Waals surface area (Å²) in [6, 6.07) is 187. The normalized spacial score (nSPS) is 12.0. The highest BCUT2D eigenvalue weighted by Gasteiger charge is 2.25. The molecule has 8 nitrogen and oxygen atoms in total. The minimum Gasteiger partial charge on any atom is -0.309 e. The largest absolute Gasteiger partial charge is 0.309 e. The summed E-state index contributed by atoms with van der Waals surface area (Å²) >= 11 is 0. The summed E-state index contributed by atoms with van der Waals surface area (Å²) in [6.45, 7) is 0. The van der Waals surface area contributed by atoms with E-state index in [-0.39, 0.29) is 0 Å². The molecule has 30 rings (SSSR count). The second-order valence-electron chi connectivity index (χ2n) is 37.1. The van der Waals surface area contributed by atoms with Crippen molar-refractivity contribution in [2.45, 2.75) is 0 Å². The van der Waals surface area contributed by atoms with Gasteiger partial charge >= 0.3 is 0 Å². The van der Waals surface area contributed by atoms with Crippen LogP contribution in [0, 0.1) is 0 Å². The lowest BCUT2D eigenvalue weighted by Crippen LogP contribution is -1.98. The van der Waals surface area contributed by atoms with Gasteiger partial charge in [0.05, 0.1) is 88.3 Å². The molecular formula is C132H84N8. The van der Waals surface area contributed by atoms with Crippen molar-refractivity contribution in [3.63, 3.8) is 0 Å². The van der Waals surface area contributed by atoms with Crippen molar-refractivity contribution in [2.75, 3.05) is 0 Å². The van der Waals surface area contributed by atoms with Crippen LogP contribution < -0.4 is 0 Å². The van der Waals surface area contributed by atoms with Crippen LogP contribution in [0.2, 0.25) is 0 Å². The van der Waals surface area contributed by atoms with E-state index in [2.05, 4.69) is 546 Å². The van der Waals surface area contributed by atoms with Gasteiger partial charge in [-0.25, -0.2) is 0 Å². The highest BCUT2D eigenvalue weighted by Crippen LogP contribution is 2.47. The van der Waals surface area contributed by atoms with E-state index in [1.807, 2.05) is 0 Å². The molecule has 0 bridgehead atoms. The van der Waals surface area contributed by atoms with Crippen LogP contribution in [-0.2, 0) is 0 Å². The molecule has 8 heteroatoms. The Labute approximate surface area is 804 Å². The van der Waals surface area contributed by atoms with Gasteiger partial charge in [-0.1, -0.05) is 273 Å². The minimum absolute atomic E-state index is 1.12. The molecule has 30 aromatic rings. The van der Waals surface area contributed by atoms with Crippen molar-refractivity contribution in [3.8, 4) is 90.0 Å². The van der Waals surface area contributed by atoms with Crippen LogP contribution in [0.15, 0.2) is 510 Å². The molecule has 0 N–H and O–H groups in total. The Bertz CT molecular complexity index is 9790. The van der Waals surface area contributed by atoms with Crippen molar-refractivity contribution < 1.29 is 0 Å². The van der Waals surface area contributed by atoms with Crippen molar-refractivity contribution in [3.05, 3.63) is 510 Å². The Kier molecular flexibility index (Phi) is 17.7. The molecule has 0 amide bonds. The Morgan fingerprint density at radius 3 is 0.393 bits per heavy atom. The predicted octanol–water partition coefficient (Wildman–Crippen LogP) is 34.8. The van der Waals surface area contributed by atoms with Gasteiger partial charge in [0, 0.05) is 132 Å². The molecule has 0 saturated heterocycles. The van der Waals surface area contributed by atoms with Crippen LogP contribution in [0.5, 0.6) is 0 Å². The molecule has 22 aromatic carbocycles. The zero-order valence-corrected chi connectivity index (χ0v) is 76.1. The van der Waals surface area contributed by atoms with Crippen LogP contribution in [0.4, 0.5) is 0 Å². The van der Waals surface area contributed by atoms with Crippen LogP contribution >= 0.6 is 0 Å². The number of fused-ring (bicyclic) bond motifs is 24. The van der Waals surface area contributed by atoms with Gasteiger partial charge in [0.2, 0.25) is 0 Å². The van der Waals surface area contributed by atoms with Gasteiger partial charge in [-0.05, 0) is 281 Å². The molecule has 0 aliphatic rings. The number of aromatic nitrogens is 8. The zero-order valence-electron chi connectivity index (χ0n) is 76.1. The van der Waals surface area contributed by atoms with E-state index in [1.165, 1.54) is 219 Å². The Morgan fingerprint density at radius 1 is 0.0786 bits per heavy atom. The molecule has 0 unspecified atom stereocenters. The molecule has 652 valence electrons. The molecule has 8 aromatic heterocycles. The van der Waals surface area contributed by atoms with Gasteiger partial charge < -0.3 is 36.5 Å². The molecule has 8 heterocycles. The lowest BCUT2D eigenvalue weighted by Gasteiger charge is -2.13. The smallest absolute Gasteiger partial charge is 0.0541 e. The molecule has 0 aliphatic heterocycles. The predicted molar refractivity (Wildman–Crippen MR) is 589 cm³/mol. The first kappa shape index (κ1) is 78.7. The zero-order chi connectivity index (χ0) is 91.7. The first-order valence-corrected chi connectivity index (χ1v) is 48.2. The fraction of sp³-hybridized carbons (Fsp3) is 0. The van der Waals surface area contributed by atoms with Gasteiger partial charge in [-0.15, -0.1) is 0 Å². The summed E-state index contributed by atoms with van der Waals surface area (Å²) in [5.41, 5.74) is 37.8. The average Bonchev–Trinajstić information content (AvgIpc) is 1.58. The van der Waals surface area contributed by atoms with Crippen molar-refractivity contribution in [2.24, 2.45) is 0 Å². The summed E-state index contributed by atoms with van der Waals surface area (Å²) < 4.78 is 19.2. The van der Waals surface area contributed by atoms with E-state index in [9.17, 15) is 0 Å². The standard InChI is InChI=1S/2C66H42N4/c1-3-16-47(17-4-1)67-61-28-13-9-24-53(61)55-38-43(30-34-63(55)67)45-32-36-65-57(40-45)58-41-46(44-31-35-64-56(39-44)54-25-10-14-29-62(54)68(64)48-18-5-2-6-19-48)33-37-66(58)70(65)50-21-15-20-49(42-50)69-59-26-11-7-22-51(59)52-23-8-12-27-60(52)69;1-3-15-47(16-4-1)67-61-25-13-9-21-53(61)55-39-43(27-35-63(55)67)45-29-37-65-57(41-45)58-42-46(44-28-36-64-56(40-44)54-22-10-14-26-62(54)68(64)48-17-5-2-6-18-48)30-38-66(58)70(65)50-33-31-49(32-34-50)69-59-23-11-7-19-51(59)52-20-8-12-24-60(52)69/h2*1-42H. The first-order chi connectivity index (χ1) is 69.5. The highest BCUT2D eigenvalue weighted by atomic mass is 15.0. The maximum Gasteiger partial charge on any atom is 0.0541 e. The summed E-state index contributed by atoms with van der Waals surface area (Å²) in [4.78, 5) is 0. The quantitative estimate of drug-likeness (QED) is 0.117. The van der Waals surface area contributed by atoms with Crippen molar-refractivity contribution in [1.29, 1.82) is 0 Å². The summed E-state index contributed by atoms with van der Waals surface area (Å²) in [5.74, 6) is 0. The van der Waals surface area contributed by atoms with Gasteiger partial charge in [0.1, 0.15) is 0 Å². The summed E-state index contributed by atoms with van der Waals surface area (Å²) in [7, 11) is 0. The fourth-order valence-electron chi connectivity index (χ4n) is 23.3. The SMILES string of the molecule is c1ccc(-n2c3ccccc3c3cc(-c4ccc5c(c4)c4cc(-c6ccc7c(c6)c6ccccc6n7-c6ccccc6)ccc4n5-c4ccc(-n5c6ccccc6c6ccccc65)cc4)ccc32)cc1.c1ccc(-n2c3ccccc3c3cc(-c4ccc5c(c4)c4cc(-c6ccc7c(c6)c6ccccc6n7-c6ccccc6)ccc4n5-c4cccc(-n5c6ccccc6c6ccccc65)c4)ccc32)cc1. The number of hydrogen-bond donors (Lipinski definition) is 0. The van der Waals surface area contributed by atoms with Gasteiger partial charge in [-0.3, -0.25) is 0 Å². The van der Waals surface area contributed by atoms with Gasteiger partial charge in [0.15, 0.2) is 0 Å². The maximum absolute atomic E-state index is 2.46. The van der Waals surface area contributed by atoms with E-state index in [4.69, 9.17) is 0 Å². The molecule has 0 saturated carbocycles. The van der Waals surface area contributed by atoms with Crippen LogP contribution in [0.3, 0.4) is 0 Å². The van der Waals surface area contributed by atoms with E-state index in [1.54, 1.807) is 0 Å². The average molecular weight is 1780 g/mol. The van der Waals surface area contributed by atoms with Crippen molar-refractivity contribution >= 4 is 174 Å². The van der Waals surface area contributed by atoms with Crippen LogP contribution in [0.1, 0.15) is 0 Å². The first-order valence-electron chi connectivity index (χ1n) is 48.2. The number of rotatable bonds is 12. The molecule has 0 aliphatic carbocycles. The highest BCUT2D eigenvalue weighted by molar-refractivity contribution is 6.19. The molecule has 140 heavy (non-hydrogen) atoms. The van der Waals surface area contributed by atoms with E-state index in [0.29, 0.717) is 0 Å². The van der Waals surface area contributed by atoms with E-state index >= 15 is 0 Å². The van der Waals surface area contributed by atoms with Gasteiger partial charge in [0.25, 0.3) is 0 Å². The van der Waals surface area contributed by atoms with E-state index < -0.39 is 0 Å². The monoisotopic (exact) mass is 1780 g/mol. The maximum atomic E-state index is 2.46. The minimum atomic E-state index is 1.12. The molecule has 0 atom stereocenters. The van der Waals surface area contributed by atoms with Crippen molar-refractivity contribution in [1.82, 2.24) is 36.5 Å². The Morgan fingerprint density at radius 2 is 0.207 bits per heavy atom. The van der Waals surface area contributed by atoms with E-state index in [0.717, 1.165) is 45.5 Å². The van der Waals surface area contributed by atoms with Crippen LogP contribution in [-0.4, -0.2) is 36.5 Å². The topological polar surface area (TPSA) is 39.4 Å². The number of nitrogens with zero attached hydrogens (tertiary/aromatic N) is 8. The third kappa shape index (κ3) is 12.2. The fourth-order valence-corrected chi connectivity index (χ4v) is 23.3. The Hall–Kier alpha value is -18.8. The molecular weight excluding hydrogens is 1700 g/mol. The number of para-hydroxylation sites is 12. The number of benzene rings is 22. The lowest BCUT2D eigenvalue weighted by atomic mass is 9.98. The van der Waals surface area contributed by atoms with Gasteiger partial charge in [-0.2, -0.15) is 0 Å². The summed E-state index contributed by atoms with van der Waals surface area (Å²) in [6.07, 6.45) is 0.